The standard InChI is InChI=1S/C20H20BrNO/c1-13-9-16-17-12-22(11-14-5-3-2-4-6-14)8-7-15(17)20(23)19(16)18(21)10-13/h2-6,9-10,15,17H,7-8,11-12H2,1H3. The first kappa shape index (κ1) is 15.1. The Kier molecular flexibility index (Phi) is 3.86. The van der Waals surface area contributed by atoms with Gasteiger partial charge in [-0.2, -0.15) is 0 Å². The normalized spacial score (nSPS) is 23.7. The number of nitrogens with zero attached hydrogens (tertiary/aromatic N) is 1. The number of fused-ring (bicyclic) bond motifs is 3. The summed E-state index contributed by atoms with van der Waals surface area (Å²) in [7, 11) is 0. The van der Waals surface area contributed by atoms with Crippen molar-refractivity contribution in [1.82, 2.24) is 4.90 Å². The van der Waals surface area contributed by atoms with Crippen molar-refractivity contribution in [2.24, 2.45) is 5.92 Å². The number of carbonyl (C=O) groups excluding carboxylic acids is 1. The molecule has 2 aromatic rings. The van der Waals surface area contributed by atoms with Gasteiger partial charge in [0.1, 0.15) is 0 Å². The van der Waals surface area contributed by atoms with E-state index in [1.165, 1.54) is 16.7 Å². The number of halogens is 1. The highest BCUT2D eigenvalue weighted by molar-refractivity contribution is 9.10. The van der Waals surface area contributed by atoms with Crippen molar-refractivity contribution in [2.45, 2.75) is 25.8 Å². The number of aryl methyl sites for hydroxylation is 1. The first-order valence-corrected chi connectivity index (χ1v) is 9.03. The Morgan fingerprint density at radius 2 is 1.96 bits per heavy atom. The highest BCUT2D eigenvalue weighted by atomic mass is 79.9. The van der Waals surface area contributed by atoms with Crippen LogP contribution >= 0.6 is 15.9 Å². The van der Waals surface area contributed by atoms with Gasteiger partial charge in [0.2, 0.25) is 0 Å². The number of carbonyl (C=O) groups is 1. The molecule has 4 rings (SSSR count). The molecule has 1 aliphatic carbocycles. The molecule has 0 aromatic heterocycles. The van der Waals surface area contributed by atoms with Crippen molar-refractivity contribution >= 4 is 21.7 Å². The largest absolute Gasteiger partial charge is 0.298 e. The Bertz CT molecular complexity index is 756. The maximum Gasteiger partial charge on any atom is 0.168 e. The zero-order valence-electron chi connectivity index (χ0n) is 13.3. The zero-order valence-corrected chi connectivity index (χ0v) is 14.8. The van der Waals surface area contributed by atoms with E-state index in [1.807, 2.05) is 0 Å². The second kappa shape index (κ2) is 5.88. The van der Waals surface area contributed by atoms with Gasteiger partial charge in [-0.15, -0.1) is 0 Å². The van der Waals surface area contributed by atoms with Crippen molar-refractivity contribution in [3.63, 3.8) is 0 Å². The summed E-state index contributed by atoms with van der Waals surface area (Å²) in [5, 5.41) is 0. The summed E-state index contributed by atoms with van der Waals surface area (Å²) >= 11 is 3.61. The number of rotatable bonds is 2. The molecule has 1 aliphatic heterocycles. The summed E-state index contributed by atoms with van der Waals surface area (Å²) in [6.45, 7) is 5.06. The lowest BCUT2D eigenvalue weighted by molar-refractivity contribution is 0.0834. The quantitative estimate of drug-likeness (QED) is 0.773. The van der Waals surface area contributed by atoms with Gasteiger partial charge in [-0.3, -0.25) is 9.69 Å². The Morgan fingerprint density at radius 3 is 2.74 bits per heavy atom. The van der Waals surface area contributed by atoms with Gasteiger partial charge < -0.3 is 0 Å². The highest BCUT2D eigenvalue weighted by Crippen LogP contribution is 2.45. The second-order valence-corrected chi connectivity index (χ2v) is 7.65. The van der Waals surface area contributed by atoms with E-state index >= 15 is 0 Å². The molecule has 0 amide bonds. The van der Waals surface area contributed by atoms with Crippen molar-refractivity contribution in [1.29, 1.82) is 0 Å². The number of hydrogen-bond acceptors (Lipinski definition) is 2. The SMILES string of the molecule is Cc1cc(Br)c2c(c1)C1CN(Cc3ccccc3)CCC1C2=O. The molecule has 118 valence electrons. The van der Waals surface area contributed by atoms with Crippen LogP contribution in [0.25, 0.3) is 0 Å². The predicted molar refractivity (Wildman–Crippen MR) is 95.8 cm³/mol. The molecule has 2 aliphatic rings. The number of benzene rings is 2. The third kappa shape index (κ3) is 2.66. The lowest BCUT2D eigenvalue weighted by Crippen LogP contribution is -2.38. The van der Waals surface area contributed by atoms with Gasteiger partial charge in [0.15, 0.2) is 5.78 Å². The van der Waals surface area contributed by atoms with E-state index in [4.69, 9.17) is 0 Å². The number of hydrogen-bond donors (Lipinski definition) is 0. The minimum Gasteiger partial charge on any atom is -0.298 e. The minimum absolute atomic E-state index is 0.176. The van der Waals surface area contributed by atoms with Crippen LogP contribution in [0.4, 0.5) is 0 Å². The zero-order chi connectivity index (χ0) is 16.0. The first-order chi connectivity index (χ1) is 11.1. The van der Waals surface area contributed by atoms with E-state index < -0.39 is 0 Å². The van der Waals surface area contributed by atoms with Crippen LogP contribution in [0.3, 0.4) is 0 Å². The summed E-state index contributed by atoms with van der Waals surface area (Å²) in [5.74, 6) is 0.873. The van der Waals surface area contributed by atoms with Crippen molar-refractivity contribution < 1.29 is 4.79 Å². The molecular formula is C20H20BrNO. The number of Topliss-reactive ketones (excluding diaryl/α,β-unsaturated/α-hetero) is 1. The Morgan fingerprint density at radius 1 is 1.17 bits per heavy atom. The molecule has 2 unspecified atom stereocenters. The summed E-state index contributed by atoms with van der Waals surface area (Å²) < 4.78 is 0.974. The summed E-state index contributed by atoms with van der Waals surface area (Å²) in [6.07, 6.45) is 0.969. The lowest BCUT2D eigenvalue weighted by atomic mass is 9.85. The fraction of sp³-hybridized carbons (Fsp3) is 0.350. The van der Waals surface area contributed by atoms with Crippen molar-refractivity contribution in [3.05, 3.63) is 69.2 Å². The molecule has 3 heteroatoms. The van der Waals surface area contributed by atoms with E-state index in [1.54, 1.807) is 0 Å². The number of piperidine rings is 1. The Balaban J connectivity index is 1.61. The molecule has 0 bridgehead atoms. The van der Waals surface area contributed by atoms with Gasteiger partial charge in [0.25, 0.3) is 0 Å². The molecule has 2 atom stereocenters. The van der Waals surface area contributed by atoms with Crippen LogP contribution < -0.4 is 0 Å². The molecule has 1 heterocycles. The molecule has 0 radical (unpaired) electrons. The van der Waals surface area contributed by atoms with E-state index in [0.717, 1.165) is 36.1 Å². The predicted octanol–water partition coefficient (Wildman–Crippen LogP) is 4.56. The Hall–Kier alpha value is -1.45. The van der Waals surface area contributed by atoms with Crippen LogP contribution in [0.15, 0.2) is 46.9 Å². The van der Waals surface area contributed by atoms with Crippen molar-refractivity contribution in [2.75, 3.05) is 13.1 Å². The summed E-state index contributed by atoms with van der Waals surface area (Å²) in [5.41, 5.74) is 4.77. The molecule has 2 nitrogen and oxygen atoms in total. The van der Waals surface area contributed by atoms with Crippen LogP contribution in [-0.4, -0.2) is 23.8 Å². The maximum absolute atomic E-state index is 12.8. The molecule has 0 spiro atoms. The fourth-order valence-electron chi connectivity index (χ4n) is 4.14. The molecule has 1 fully saturated rings. The van der Waals surface area contributed by atoms with E-state index in [2.05, 4.69) is 70.2 Å². The topological polar surface area (TPSA) is 20.3 Å². The first-order valence-electron chi connectivity index (χ1n) is 8.24. The lowest BCUT2D eigenvalue weighted by Gasteiger charge is -2.34. The molecular weight excluding hydrogens is 350 g/mol. The smallest absolute Gasteiger partial charge is 0.168 e. The summed E-state index contributed by atoms with van der Waals surface area (Å²) in [4.78, 5) is 15.3. The van der Waals surface area contributed by atoms with Gasteiger partial charge in [-0.25, -0.2) is 0 Å². The number of ketones is 1. The van der Waals surface area contributed by atoms with Crippen LogP contribution in [0.1, 0.15) is 39.4 Å². The fourth-order valence-corrected chi connectivity index (χ4v) is 4.93. The van der Waals surface area contributed by atoms with E-state index in [9.17, 15) is 4.79 Å². The molecule has 2 aromatic carbocycles. The summed E-state index contributed by atoms with van der Waals surface area (Å²) in [6, 6.07) is 14.9. The molecule has 1 saturated heterocycles. The van der Waals surface area contributed by atoms with Gasteiger partial charge in [-0.05, 0) is 42.6 Å². The van der Waals surface area contributed by atoms with Gasteiger partial charge in [0.05, 0.1) is 0 Å². The van der Waals surface area contributed by atoms with Crippen LogP contribution in [0.5, 0.6) is 0 Å². The van der Waals surface area contributed by atoms with Crippen LogP contribution in [0, 0.1) is 12.8 Å². The highest BCUT2D eigenvalue weighted by Gasteiger charge is 2.43. The van der Waals surface area contributed by atoms with Crippen LogP contribution in [-0.2, 0) is 6.54 Å². The molecule has 0 saturated carbocycles. The third-order valence-corrected chi connectivity index (χ3v) is 5.82. The average molecular weight is 370 g/mol. The number of likely N-dealkylation sites (tertiary alicyclic amines) is 1. The van der Waals surface area contributed by atoms with E-state index in [-0.39, 0.29) is 5.92 Å². The average Bonchev–Trinajstić information content (AvgIpc) is 2.81. The van der Waals surface area contributed by atoms with Crippen molar-refractivity contribution in [3.8, 4) is 0 Å². The second-order valence-electron chi connectivity index (χ2n) is 6.80. The van der Waals surface area contributed by atoms with Gasteiger partial charge >= 0.3 is 0 Å². The van der Waals surface area contributed by atoms with E-state index in [0.29, 0.717) is 11.7 Å². The van der Waals surface area contributed by atoms with Gasteiger partial charge in [0, 0.05) is 35.0 Å². The molecule has 0 N–H and O–H groups in total. The maximum atomic E-state index is 12.8. The van der Waals surface area contributed by atoms with Crippen LogP contribution in [0.2, 0.25) is 0 Å². The minimum atomic E-state index is 0.176. The monoisotopic (exact) mass is 369 g/mol. The Labute approximate surface area is 145 Å². The third-order valence-electron chi connectivity index (χ3n) is 5.19. The van der Waals surface area contributed by atoms with Gasteiger partial charge in [-0.1, -0.05) is 52.3 Å². The molecule has 23 heavy (non-hydrogen) atoms.